The Morgan fingerprint density at radius 3 is 2.50 bits per heavy atom. The van der Waals surface area contributed by atoms with Crippen LogP contribution in [-0.2, 0) is 20.7 Å². The minimum absolute atomic E-state index is 0.124. The van der Waals surface area contributed by atoms with Gasteiger partial charge in [0.25, 0.3) is 0 Å². The Morgan fingerprint density at radius 1 is 1.20 bits per heavy atom. The predicted molar refractivity (Wildman–Crippen MR) is 72.1 cm³/mol. The van der Waals surface area contributed by atoms with Crippen molar-refractivity contribution in [2.75, 3.05) is 13.2 Å². The summed E-state index contributed by atoms with van der Waals surface area (Å²) < 4.78 is 9.80. The van der Waals surface area contributed by atoms with E-state index in [0.29, 0.717) is 23.3 Å². The van der Waals surface area contributed by atoms with Gasteiger partial charge in [-0.25, -0.2) is 4.79 Å². The van der Waals surface area contributed by atoms with E-state index in [9.17, 15) is 9.59 Å². The quantitative estimate of drug-likeness (QED) is 0.744. The highest BCUT2D eigenvalue weighted by Gasteiger charge is 2.17. The molecule has 1 aromatic carbocycles. The molecule has 106 valence electrons. The summed E-state index contributed by atoms with van der Waals surface area (Å²) in [4.78, 5) is 23.3. The van der Waals surface area contributed by atoms with Crippen LogP contribution in [0.3, 0.4) is 0 Å². The highest BCUT2D eigenvalue weighted by molar-refractivity contribution is 5.92. The Bertz CT molecular complexity index is 531. The van der Waals surface area contributed by atoms with Crippen molar-refractivity contribution in [1.82, 2.24) is 0 Å². The Labute approximate surface area is 118 Å². The van der Waals surface area contributed by atoms with Crippen LogP contribution in [0, 0.1) is 11.3 Å². The molecule has 0 aromatic heterocycles. The van der Waals surface area contributed by atoms with Gasteiger partial charge in [0.05, 0.1) is 30.4 Å². The van der Waals surface area contributed by atoms with E-state index in [4.69, 9.17) is 14.7 Å². The molecule has 0 aliphatic carbocycles. The molecule has 1 aromatic rings. The van der Waals surface area contributed by atoms with Crippen LogP contribution in [0.4, 0.5) is 0 Å². The summed E-state index contributed by atoms with van der Waals surface area (Å²) in [6.07, 6.45) is 0.398. The summed E-state index contributed by atoms with van der Waals surface area (Å²) >= 11 is 0. The first-order valence-corrected chi connectivity index (χ1v) is 6.48. The first kappa shape index (κ1) is 15.7. The van der Waals surface area contributed by atoms with Crippen LogP contribution in [0.25, 0.3) is 0 Å². The van der Waals surface area contributed by atoms with Crippen molar-refractivity contribution in [3.8, 4) is 6.07 Å². The zero-order valence-electron chi connectivity index (χ0n) is 11.6. The molecular formula is C15H17NO4. The first-order valence-electron chi connectivity index (χ1n) is 6.48. The van der Waals surface area contributed by atoms with E-state index in [1.165, 1.54) is 0 Å². The van der Waals surface area contributed by atoms with Gasteiger partial charge >= 0.3 is 11.9 Å². The summed E-state index contributed by atoms with van der Waals surface area (Å²) in [5, 5.41) is 9.10. The number of nitrogens with zero attached hydrogens (tertiary/aromatic N) is 1. The average Bonchev–Trinajstić information content (AvgIpc) is 2.45. The van der Waals surface area contributed by atoms with Crippen molar-refractivity contribution < 1.29 is 19.1 Å². The molecule has 20 heavy (non-hydrogen) atoms. The van der Waals surface area contributed by atoms with Gasteiger partial charge in [0.2, 0.25) is 0 Å². The minimum atomic E-state index is -0.483. The van der Waals surface area contributed by atoms with Gasteiger partial charge in [-0.3, -0.25) is 4.79 Å². The van der Waals surface area contributed by atoms with Crippen molar-refractivity contribution in [2.45, 2.75) is 26.7 Å². The number of ether oxygens (including phenoxy) is 2. The molecule has 0 amide bonds. The topological polar surface area (TPSA) is 76.4 Å². The zero-order valence-corrected chi connectivity index (χ0v) is 11.6. The maximum Gasteiger partial charge on any atom is 0.338 e. The van der Waals surface area contributed by atoms with Gasteiger partial charge in [-0.1, -0.05) is 6.07 Å². The molecule has 0 aliphatic rings. The number of nitriles is 1. The lowest BCUT2D eigenvalue weighted by atomic mass is 9.97. The second-order valence-corrected chi connectivity index (χ2v) is 3.97. The van der Waals surface area contributed by atoms with Crippen LogP contribution in [0.2, 0.25) is 0 Å². The number of carbonyl (C=O) groups is 2. The Balaban J connectivity index is 2.99. The van der Waals surface area contributed by atoms with Crippen molar-refractivity contribution in [2.24, 2.45) is 0 Å². The predicted octanol–water partition coefficient (Wildman–Crippen LogP) is 2.23. The maximum atomic E-state index is 11.9. The van der Waals surface area contributed by atoms with Crippen LogP contribution in [0.1, 0.15) is 41.8 Å². The van der Waals surface area contributed by atoms with Crippen molar-refractivity contribution in [1.29, 1.82) is 5.26 Å². The van der Waals surface area contributed by atoms with E-state index in [2.05, 4.69) is 0 Å². The molecule has 0 saturated heterocycles. The van der Waals surface area contributed by atoms with E-state index in [0.717, 1.165) is 0 Å². The summed E-state index contributed by atoms with van der Waals surface area (Å²) in [6, 6.07) is 6.86. The molecule has 5 nitrogen and oxygen atoms in total. The summed E-state index contributed by atoms with van der Waals surface area (Å²) in [5.41, 5.74) is 1.23. The van der Waals surface area contributed by atoms with Crippen LogP contribution in [0.15, 0.2) is 18.2 Å². The molecule has 0 atom stereocenters. The van der Waals surface area contributed by atoms with Gasteiger partial charge in [0, 0.05) is 6.42 Å². The van der Waals surface area contributed by atoms with Gasteiger partial charge in [0.1, 0.15) is 0 Å². The molecule has 0 saturated carbocycles. The molecule has 0 radical (unpaired) electrons. The van der Waals surface area contributed by atoms with Gasteiger partial charge < -0.3 is 9.47 Å². The van der Waals surface area contributed by atoms with E-state index in [1.807, 2.05) is 6.07 Å². The third-order valence-corrected chi connectivity index (χ3v) is 2.68. The lowest BCUT2D eigenvalue weighted by Crippen LogP contribution is -2.12. The van der Waals surface area contributed by atoms with Gasteiger partial charge in [-0.2, -0.15) is 5.26 Å². The molecule has 0 unspecified atom stereocenters. The molecule has 0 heterocycles. The van der Waals surface area contributed by atoms with Gasteiger partial charge in [0.15, 0.2) is 0 Å². The normalized spacial score (nSPS) is 9.65. The number of esters is 2. The van der Waals surface area contributed by atoms with Crippen molar-refractivity contribution in [3.63, 3.8) is 0 Å². The number of rotatable bonds is 6. The Morgan fingerprint density at radius 2 is 1.90 bits per heavy atom. The molecule has 0 spiro atoms. The lowest BCUT2D eigenvalue weighted by Gasteiger charge is -2.10. The lowest BCUT2D eigenvalue weighted by molar-refractivity contribution is -0.143. The Kier molecular flexibility index (Phi) is 6.24. The number of hydrogen-bond acceptors (Lipinski definition) is 5. The zero-order chi connectivity index (χ0) is 15.0. The average molecular weight is 275 g/mol. The molecule has 1 rings (SSSR count). The van der Waals surface area contributed by atoms with Crippen LogP contribution in [-0.4, -0.2) is 25.2 Å². The smallest absolute Gasteiger partial charge is 0.338 e. The van der Waals surface area contributed by atoms with Crippen molar-refractivity contribution >= 4 is 11.9 Å². The highest BCUT2D eigenvalue weighted by atomic mass is 16.5. The second kappa shape index (κ2) is 7.95. The van der Waals surface area contributed by atoms with Crippen LogP contribution >= 0.6 is 0 Å². The largest absolute Gasteiger partial charge is 0.466 e. The number of carbonyl (C=O) groups excluding carboxylic acids is 2. The molecule has 5 heteroatoms. The molecule has 0 bridgehead atoms. The third-order valence-electron chi connectivity index (χ3n) is 2.68. The summed E-state index contributed by atoms with van der Waals surface area (Å²) in [7, 11) is 0. The number of benzene rings is 1. The fourth-order valence-electron chi connectivity index (χ4n) is 1.82. The van der Waals surface area contributed by atoms with E-state index in [-0.39, 0.29) is 25.4 Å². The fourth-order valence-corrected chi connectivity index (χ4v) is 1.82. The van der Waals surface area contributed by atoms with Crippen molar-refractivity contribution in [3.05, 3.63) is 34.9 Å². The monoisotopic (exact) mass is 275 g/mol. The summed E-state index contributed by atoms with van der Waals surface area (Å²) in [6.45, 7) is 4.01. The first-order chi connectivity index (χ1) is 9.63. The van der Waals surface area contributed by atoms with E-state index < -0.39 is 5.97 Å². The standard InChI is InChI=1S/C15H17NO4/c1-3-19-14(17)9-8-12-11(10-16)6-5-7-13(12)15(18)20-4-2/h5-7H,3-4,8-9H2,1-2H3. The fraction of sp³-hybridized carbons (Fsp3) is 0.400. The summed E-state index contributed by atoms with van der Waals surface area (Å²) in [5.74, 6) is -0.835. The van der Waals surface area contributed by atoms with Crippen LogP contribution in [0.5, 0.6) is 0 Å². The van der Waals surface area contributed by atoms with E-state index in [1.54, 1.807) is 32.0 Å². The minimum Gasteiger partial charge on any atom is -0.466 e. The molecular weight excluding hydrogens is 258 g/mol. The van der Waals surface area contributed by atoms with Gasteiger partial charge in [-0.05, 0) is 38.0 Å². The van der Waals surface area contributed by atoms with Crippen LogP contribution < -0.4 is 0 Å². The molecule has 0 fully saturated rings. The highest BCUT2D eigenvalue weighted by Crippen LogP contribution is 2.18. The maximum absolute atomic E-state index is 11.9. The second-order valence-electron chi connectivity index (χ2n) is 3.97. The molecule has 0 aliphatic heterocycles. The molecule has 0 N–H and O–H groups in total. The third kappa shape index (κ3) is 4.09. The van der Waals surface area contributed by atoms with E-state index >= 15 is 0 Å². The SMILES string of the molecule is CCOC(=O)CCc1c(C#N)cccc1C(=O)OCC. The van der Waals surface area contributed by atoms with Gasteiger partial charge in [-0.15, -0.1) is 0 Å². The number of hydrogen-bond donors (Lipinski definition) is 0. The Hall–Kier alpha value is -2.35.